The van der Waals surface area contributed by atoms with Crippen molar-refractivity contribution >= 4 is 11.7 Å². The van der Waals surface area contributed by atoms with Gasteiger partial charge in [-0.3, -0.25) is 4.79 Å². The van der Waals surface area contributed by atoms with Crippen LogP contribution in [0.1, 0.15) is 24.2 Å². The van der Waals surface area contributed by atoms with Crippen LogP contribution < -0.4 is 0 Å². The summed E-state index contributed by atoms with van der Waals surface area (Å²) >= 11 is 0. The van der Waals surface area contributed by atoms with Crippen LogP contribution in [0.5, 0.6) is 0 Å². The van der Waals surface area contributed by atoms with Crippen molar-refractivity contribution in [3.63, 3.8) is 0 Å². The fraction of sp³-hybridized carbons (Fsp3) is 0.400. The lowest BCUT2D eigenvalue weighted by molar-refractivity contribution is -0.389. The average Bonchev–Trinajstić information content (AvgIpc) is 2.30. The molecule has 6 nitrogen and oxygen atoms in total. The lowest BCUT2D eigenvalue weighted by atomic mass is 10.2. The summed E-state index contributed by atoms with van der Waals surface area (Å²) in [4.78, 5) is 27.1. The van der Waals surface area contributed by atoms with Gasteiger partial charge in [-0.25, -0.2) is 0 Å². The molecule has 0 bridgehead atoms. The molecule has 0 spiro atoms. The number of nitrogens with zero attached hydrogens (tertiary/aromatic N) is 3. The predicted octanol–water partition coefficient (Wildman–Crippen LogP) is 1.47. The fourth-order valence-electron chi connectivity index (χ4n) is 1.39. The van der Waals surface area contributed by atoms with Crippen LogP contribution in [0.3, 0.4) is 0 Å². The monoisotopic (exact) mass is 223 g/mol. The number of nitro groups is 1. The zero-order valence-electron chi connectivity index (χ0n) is 9.21. The van der Waals surface area contributed by atoms with Crippen LogP contribution in [0, 0.1) is 10.1 Å². The maximum absolute atomic E-state index is 11.9. The quantitative estimate of drug-likeness (QED) is 0.572. The molecule has 0 unspecified atom stereocenters. The molecule has 1 aromatic heterocycles. The normalized spacial score (nSPS) is 9.88. The van der Waals surface area contributed by atoms with Crippen LogP contribution in [0.4, 0.5) is 5.82 Å². The molecule has 0 radical (unpaired) electrons. The molecule has 1 heterocycles. The number of rotatable bonds is 4. The Hall–Kier alpha value is -1.98. The zero-order chi connectivity index (χ0) is 12.1. The largest absolute Gasteiger partial charge is 0.376 e. The van der Waals surface area contributed by atoms with E-state index >= 15 is 0 Å². The summed E-state index contributed by atoms with van der Waals surface area (Å²) in [7, 11) is 0. The highest BCUT2D eigenvalue weighted by Crippen LogP contribution is 2.16. The van der Waals surface area contributed by atoms with E-state index in [-0.39, 0.29) is 17.3 Å². The van der Waals surface area contributed by atoms with Crippen molar-refractivity contribution in [2.75, 3.05) is 13.1 Å². The van der Waals surface area contributed by atoms with Gasteiger partial charge in [-0.1, -0.05) is 0 Å². The summed E-state index contributed by atoms with van der Waals surface area (Å²) in [5.74, 6) is -0.746. The van der Waals surface area contributed by atoms with Gasteiger partial charge in [0.05, 0.1) is 0 Å². The van der Waals surface area contributed by atoms with E-state index in [1.165, 1.54) is 23.2 Å². The van der Waals surface area contributed by atoms with Crippen LogP contribution in [-0.4, -0.2) is 33.8 Å². The SMILES string of the molecule is CCN(CC)C(=O)c1cccnc1[N+](=O)[O-]. The van der Waals surface area contributed by atoms with Gasteiger partial charge in [0.2, 0.25) is 0 Å². The molecular weight excluding hydrogens is 210 g/mol. The van der Waals surface area contributed by atoms with Gasteiger partial charge in [-0.2, -0.15) is 0 Å². The lowest BCUT2D eigenvalue weighted by Gasteiger charge is -2.17. The Kier molecular flexibility index (Phi) is 3.93. The van der Waals surface area contributed by atoms with Gasteiger partial charge in [-0.15, -0.1) is 0 Å². The number of hydrogen-bond acceptors (Lipinski definition) is 4. The number of hydrogen-bond donors (Lipinski definition) is 0. The molecule has 1 rings (SSSR count). The first kappa shape index (κ1) is 12.1. The van der Waals surface area contributed by atoms with Gasteiger partial charge in [0.1, 0.15) is 11.8 Å². The second-order valence-corrected chi connectivity index (χ2v) is 3.11. The highest BCUT2D eigenvalue weighted by molar-refractivity contribution is 5.97. The second-order valence-electron chi connectivity index (χ2n) is 3.11. The molecule has 0 aromatic carbocycles. The molecule has 0 aliphatic rings. The van der Waals surface area contributed by atoms with Crippen molar-refractivity contribution in [2.45, 2.75) is 13.8 Å². The highest BCUT2D eigenvalue weighted by Gasteiger charge is 2.23. The Labute approximate surface area is 93.1 Å². The first-order chi connectivity index (χ1) is 7.61. The van der Waals surface area contributed by atoms with Crippen molar-refractivity contribution < 1.29 is 9.72 Å². The molecule has 0 saturated heterocycles. The van der Waals surface area contributed by atoms with E-state index in [1.807, 2.05) is 13.8 Å². The summed E-state index contributed by atoms with van der Waals surface area (Å²) in [6, 6.07) is 2.94. The van der Waals surface area contributed by atoms with E-state index < -0.39 is 4.92 Å². The van der Waals surface area contributed by atoms with Gasteiger partial charge in [0, 0.05) is 13.1 Å². The summed E-state index contributed by atoms with van der Waals surface area (Å²) < 4.78 is 0. The summed E-state index contributed by atoms with van der Waals surface area (Å²) in [5, 5.41) is 10.7. The molecule has 1 amide bonds. The van der Waals surface area contributed by atoms with E-state index in [4.69, 9.17) is 0 Å². The molecule has 86 valence electrons. The number of aromatic nitrogens is 1. The summed E-state index contributed by atoms with van der Waals surface area (Å²) in [6.45, 7) is 4.68. The van der Waals surface area contributed by atoms with E-state index in [1.54, 1.807) is 0 Å². The molecule has 0 saturated carbocycles. The molecule has 0 atom stereocenters. The maximum Gasteiger partial charge on any atom is 0.376 e. The standard InChI is InChI=1S/C10H13N3O3/c1-3-12(4-2)10(14)8-6-5-7-11-9(8)13(15)16/h5-7H,3-4H2,1-2H3. The van der Waals surface area contributed by atoms with Crippen molar-refractivity contribution in [1.29, 1.82) is 0 Å². The number of amides is 1. The van der Waals surface area contributed by atoms with Crippen LogP contribution in [0.15, 0.2) is 18.3 Å². The van der Waals surface area contributed by atoms with Gasteiger partial charge < -0.3 is 15.0 Å². The summed E-state index contributed by atoms with van der Waals surface area (Å²) in [6.07, 6.45) is 1.30. The number of carbonyl (C=O) groups excluding carboxylic acids is 1. The van der Waals surface area contributed by atoms with Gasteiger partial charge in [0.15, 0.2) is 0 Å². The Balaban J connectivity index is 3.12. The third-order valence-electron chi connectivity index (χ3n) is 2.24. The predicted molar refractivity (Wildman–Crippen MR) is 58.1 cm³/mol. The van der Waals surface area contributed by atoms with Gasteiger partial charge in [-0.05, 0) is 35.9 Å². The maximum atomic E-state index is 11.9. The van der Waals surface area contributed by atoms with Crippen LogP contribution in [-0.2, 0) is 0 Å². The molecule has 1 aromatic rings. The van der Waals surface area contributed by atoms with Crippen molar-refractivity contribution in [3.8, 4) is 0 Å². The van der Waals surface area contributed by atoms with Crippen LogP contribution in [0.2, 0.25) is 0 Å². The Morgan fingerprint density at radius 3 is 2.62 bits per heavy atom. The van der Waals surface area contributed by atoms with E-state index in [0.717, 1.165) is 0 Å². The van der Waals surface area contributed by atoms with E-state index in [0.29, 0.717) is 13.1 Å². The average molecular weight is 223 g/mol. The topological polar surface area (TPSA) is 76.3 Å². The van der Waals surface area contributed by atoms with E-state index in [2.05, 4.69) is 4.98 Å². The Bertz CT molecular complexity index is 402. The van der Waals surface area contributed by atoms with Gasteiger partial charge >= 0.3 is 5.82 Å². The number of pyridine rings is 1. The summed E-state index contributed by atoms with van der Waals surface area (Å²) in [5.41, 5.74) is 0.0381. The van der Waals surface area contributed by atoms with E-state index in [9.17, 15) is 14.9 Å². The minimum absolute atomic E-state index is 0.0381. The molecule has 16 heavy (non-hydrogen) atoms. The molecule has 0 aliphatic carbocycles. The molecule has 0 N–H and O–H groups in total. The van der Waals surface area contributed by atoms with Crippen molar-refractivity contribution in [1.82, 2.24) is 9.88 Å². The molecule has 0 aliphatic heterocycles. The zero-order valence-corrected chi connectivity index (χ0v) is 9.21. The second kappa shape index (κ2) is 5.20. The molecule has 0 fully saturated rings. The van der Waals surface area contributed by atoms with Crippen LogP contribution in [0.25, 0.3) is 0 Å². The Morgan fingerprint density at radius 1 is 1.50 bits per heavy atom. The third-order valence-corrected chi connectivity index (χ3v) is 2.24. The smallest absolute Gasteiger partial charge is 0.358 e. The van der Waals surface area contributed by atoms with Crippen LogP contribution >= 0.6 is 0 Å². The van der Waals surface area contributed by atoms with Crippen molar-refractivity contribution in [3.05, 3.63) is 34.0 Å². The fourth-order valence-corrected chi connectivity index (χ4v) is 1.39. The minimum Gasteiger partial charge on any atom is -0.358 e. The van der Waals surface area contributed by atoms with Gasteiger partial charge in [0.25, 0.3) is 5.91 Å². The first-order valence-corrected chi connectivity index (χ1v) is 5.00. The number of carbonyl (C=O) groups is 1. The molecular formula is C10H13N3O3. The third kappa shape index (κ3) is 2.33. The Morgan fingerprint density at radius 2 is 2.12 bits per heavy atom. The van der Waals surface area contributed by atoms with Crippen molar-refractivity contribution in [2.24, 2.45) is 0 Å². The minimum atomic E-state index is -0.642. The first-order valence-electron chi connectivity index (χ1n) is 5.00. The highest BCUT2D eigenvalue weighted by atomic mass is 16.6. The molecule has 6 heteroatoms. The lowest BCUT2D eigenvalue weighted by Crippen LogP contribution is -2.31.